The molecule has 9 heteroatoms. The number of carbonyl (C=O) groups is 2. The Morgan fingerprint density at radius 2 is 1.54 bits per heavy atom. The second-order valence-electron chi connectivity index (χ2n) is 6.55. The molecule has 0 aliphatic rings. The zero-order chi connectivity index (χ0) is 19.0. The van der Waals surface area contributed by atoms with Crippen molar-refractivity contribution < 1.29 is 32.4 Å². The van der Waals surface area contributed by atoms with Crippen LogP contribution in [0.15, 0.2) is 0 Å². The molecule has 0 saturated carbocycles. The second kappa shape index (κ2) is 6.37. The Morgan fingerprint density at radius 3 is 1.92 bits per heavy atom. The maximum atomic E-state index is 13.4. The number of carboxylic acids is 1. The van der Waals surface area contributed by atoms with Gasteiger partial charge in [-0.3, -0.25) is 5.32 Å². The molecule has 5 nitrogen and oxygen atoms in total. The Hall–Kier alpha value is -2.19. The van der Waals surface area contributed by atoms with Gasteiger partial charge in [-0.25, -0.2) is 9.59 Å². The lowest BCUT2D eigenvalue weighted by Crippen LogP contribution is -2.40. The number of hydrogen-bond acceptors (Lipinski definition) is 3. The van der Waals surface area contributed by atoms with Gasteiger partial charge in [0.15, 0.2) is 0 Å². The summed E-state index contributed by atoms with van der Waals surface area (Å²) in [6, 6.07) is 0. The van der Waals surface area contributed by atoms with Crippen LogP contribution < -0.4 is 10.8 Å². The predicted octanol–water partition coefficient (Wildman–Crippen LogP) is 3.71. The van der Waals surface area contributed by atoms with Gasteiger partial charge in [0.25, 0.3) is 0 Å². The van der Waals surface area contributed by atoms with Gasteiger partial charge >= 0.3 is 19.0 Å². The normalized spacial score (nSPS) is 12.0. The number of halogens is 3. The lowest BCUT2D eigenvalue weighted by Gasteiger charge is -2.27. The number of carbonyl (C=O) groups excluding carboxylic acids is 1. The van der Waals surface area contributed by atoms with Gasteiger partial charge in [0.05, 0.1) is 5.56 Å². The molecule has 2 N–H and O–H groups in total. The predicted molar refractivity (Wildman–Crippen MR) is 86.2 cm³/mol. The summed E-state index contributed by atoms with van der Waals surface area (Å²) in [6.45, 7) is 3.03. The van der Waals surface area contributed by atoms with Crippen LogP contribution in [-0.2, 0) is 4.74 Å². The molecule has 1 aromatic carbocycles. The van der Waals surface area contributed by atoms with E-state index < -0.39 is 35.7 Å². The van der Waals surface area contributed by atoms with Crippen molar-refractivity contribution in [2.75, 3.05) is 5.32 Å². The van der Waals surface area contributed by atoms with Crippen LogP contribution in [0.25, 0.3) is 0 Å². The minimum atomic E-state index is -5.45. The van der Waals surface area contributed by atoms with Crippen molar-refractivity contribution >= 4 is 30.2 Å². The molecule has 24 heavy (non-hydrogen) atoms. The van der Waals surface area contributed by atoms with Crippen molar-refractivity contribution in [2.24, 2.45) is 0 Å². The van der Waals surface area contributed by atoms with Crippen molar-refractivity contribution in [3.05, 3.63) is 22.3 Å². The van der Waals surface area contributed by atoms with Crippen molar-refractivity contribution in [1.29, 1.82) is 0 Å². The molecule has 0 saturated heterocycles. The van der Waals surface area contributed by atoms with Crippen LogP contribution in [0.3, 0.4) is 0 Å². The van der Waals surface area contributed by atoms with E-state index >= 15 is 0 Å². The number of benzene rings is 1. The molecule has 0 aliphatic heterocycles. The summed E-state index contributed by atoms with van der Waals surface area (Å²) >= 11 is 0. The van der Waals surface area contributed by atoms with Gasteiger partial charge in [-0.2, -0.15) is 0 Å². The standard InChI is InChI=1S/C15H20BF3NO4/c1-7-10(13(21)22)8(2)12(9(3)11(7)16(17,18)19)20-14(23)24-15(4,5)6/h1-6H3,(H,20,23)(H,21,22)/q-1. The first-order chi connectivity index (χ1) is 10.7. The van der Waals surface area contributed by atoms with E-state index in [1.807, 2.05) is 0 Å². The molecular formula is C15H20BF3NO4-. The van der Waals surface area contributed by atoms with Crippen molar-refractivity contribution in [3.63, 3.8) is 0 Å². The molecule has 0 atom stereocenters. The van der Waals surface area contributed by atoms with E-state index in [0.717, 1.165) is 6.92 Å². The Balaban J connectivity index is 3.58. The third-order valence-electron chi connectivity index (χ3n) is 3.48. The smallest absolute Gasteiger partial charge is 0.478 e. The van der Waals surface area contributed by atoms with Gasteiger partial charge in [0.2, 0.25) is 0 Å². The number of nitrogens with one attached hydrogen (secondary N) is 1. The number of anilines is 1. The van der Waals surface area contributed by atoms with E-state index in [0.29, 0.717) is 0 Å². The van der Waals surface area contributed by atoms with Crippen molar-refractivity contribution in [1.82, 2.24) is 0 Å². The zero-order valence-electron chi connectivity index (χ0n) is 14.4. The maximum absolute atomic E-state index is 13.4. The number of carboxylic acid groups (broad SMARTS) is 1. The van der Waals surface area contributed by atoms with Gasteiger partial charge < -0.3 is 22.8 Å². The summed E-state index contributed by atoms with van der Waals surface area (Å²) < 4.78 is 45.2. The average Bonchev–Trinajstić information content (AvgIpc) is 2.29. The molecule has 0 aliphatic carbocycles. The van der Waals surface area contributed by atoms with E-state index in [2.05, 4.69) is 5.32 Å². The van der Waals surface area contributed by atoms with Crippen LogP contribution in [0.2, 0.25) is 0 Å². The first-order valence-electron chi connectivity index (χ1n) is 7.23. The maximum Gasteiger partial charge on any atom is 0.510 e. The fourth-order valence-electron chi connectivity index (χ4n) is 2.64. The van der Waals surface area contributed by atoms with E-state index in [4.69, 9.17) is 4.74 Å². The number of hydrogen-bond donors (Lipinski definition) is 2. The number of aromatic carboxylic acids is 1. The van der Waals surface area contributed by atoms with Crippen LogP contribution in [0.5, 0.6) is 0 Å². The monoisotopic (exact) mass is 346 g/mol. The highest BCUT2D eigenvalue weighted by Crippen LogP contribution is 2.29. The summed E-state index contributed by atoms with van der Waals surface area (Å²) in [6.07, 6.45) is -0.950. The topological polar surface area (TPSA) is 75.6 Å². The highest BCUT2D eigenvalue weighted by atomic mass is 19.4. The average molecular weight is 346 g/mol. The molecule has 1 rings (SSSR count). The number of rotatable bonds is 3. The molecule has 0 heterocycles. The Morgan fingerprint density at radius 1 is 1.04 bits per heavy atom. The lowest BCUT2D eigenvalue weighted by molar-refractivity contribution is 0.0632. The fourth-order valence-corrected chi connectivity index (χ4v) is 2.64. The summed E-state index contributed by atoms with van der Waals surface area (Å²) in [5, 5.41) is 11.5. The molecule has 0 radical (unpaired) electrons. The summed E-state index contributed by atoms with van der Waals surface area (Å²) in [5.74, 6) is -1.49. The molecule has 134 valence electrons. The van der Waals surface area contributed by atoms with Gasteiger partial charge in [-0.1, -0.05) is 16.6 Å². The second-order valence-corrected chi connectivity index (χ2v) is 6.55. The molecule has 0 bridgehead atoms. The molecule has 0 fully saturated rings. The van der Waals surface area contributed by atoms with Crippen molar-refractivity contribution in [2.45, 2.75) is 47.1 Å². The van der Waals surface area contributed by atoms with Gasteiger partial charge in [-0.15, -0.1) is 0 Å². The third kappa shape index (κ3) is 4.21. The Kier molecular flexibility index (Phi) is 5.27. The molecule has 1 aromatic rings. The largest absolute Gasteiger partial charge is 0.510 e. The summed E-state index contributed by atoms with van der Waals surface area (Å²) in [4.78, 5) is 23.3. The Bertz CT molecular complexity index is 694. The van der Waals surface area contributed by atoms with Gasteiger partial charge in [0, 0.05) is 5.69 Å². The summed E-state index contributed by atoms with van der Waals surface area (Å²) in [5.41, 5.74) is -3.06. The lowest BCUT2D eigenvalue weighted by atomic mass is 9.71. The minimum absolute atomic E-state index is 0.0483. The molecular weight excluding hydrogens is 326 g/mol. The van der Waals surface area contributed by atoms with Crippen LogP contribution in [0.4, 0.5) is 23.4 Å². The van der Waals surface area contributed by atoms with E-state index in [9.17, 15) is 27.6 Å². The first kappa shape index (κ1) is 19.9. The molecule has 0 spiro atoms. The highest BCUT2D eigenvalue weighted by Gasteiger charge is 2.34. The highest BCUT2D eigenvalue weighted by molar-refractivity contribution is 6.74. The van der Waals surface area contributed by atoms with Crippen molar-refractivity contribution in [3.8, 4) is 0 Å². The quantitative estimate of drug-likeness (QED) is 0.818. The van der Waals surface area contributed by atoms with Gasteiger partial charge in [-0.05, 0) is 47.1 Å². The van der Waals surface area contributed by atoms with Gasteiger partial charge in [0.1, 0.15) is 5.60 Å². The summed E-state index contributed by atoms with van der Waals surface area (Å²) in [7, 11) is 0. The van der Waals surface area contributed by atoms with E-state index in [1.165, 1.54) is 13.8 Å². The fraction of sp³-hybridized carbons (Fsp3) is 0.467. The van der Waals surface area contributed by atoms with Crippen LogP contribution in [0, 0.1) is 20.8 Å². The van der Waals surface area contributed by atoms with Crippen LogP contribution >= 0.6 is 0 Å². The minimum Gasteiger partial charge on any atom is -0.478 e. The molecule has 1 amide bonds. The number of ether oxygens (including phenoxy) is 1. The van der Waals surface area contributed by atoms with E-state index in [-0.39, 0.29) is 22.4 Å². The molecule has 0 unspecified atom stereocenters. The molecule has 0 aromatic heterocycles. The van der Waals surface area contributed by atoms with Crippen LogP contribution in [0.1, 0.15) is 47.8 Å². The zero-order valence-corrected chi connectivity index (χ0v) is 14.4. The van der Waals surface area contributed by atoms with E-state index in [1.54, 1.807) is 20.8 Å². The third-order valence-corrected chi connectivity index (χ3v) is 3.48. The number of amides is 1. The Labute approximate surface area is 138 Å². The first-order valence-corrected chi connectivity index (χ1v) is 7.23. The SMILES string of the molecule is Cc1c(NC(=O)OC(C)(C)C)c(C)c([B-](F)(F)F)c(C)c1C(=O)O. The van der Waals surface area contributed by atoms with Crippen LogP contribution in [-0.4, -0.2) is 29.7 Å².